The van der Waals surface area contributed by atoms with Crippen LogP contribution in [0.3, 0.4) is 0 Å². The van der Waals surface area contributed by atoms with Crippen LogP contribution in [0.1, 0.15) is 11.1 Å². The summed E-state index contributed by atoms with van der Waals surface area (Å²) in [4.78, 5) is 12.2. The minimum atomic E-state index is -0.599. The van der Waals surface area contributed by atoms with E-state index in [0.717, 1.165) is 5.56 Å². The molecule has 2 rings (SSSR count). The van der Waals surface area contributed by atoms with Gasteiger partial charge in [0.25, 0.3) is 5.91 Å². The van der Waals surface area contributed by atoms with Crippen LogP contribution in [0.15, 0.2) is 35.9 Å². The number of nitrogens with one attached hydrogen (secondary N) is 1. The van der Waals surface area contributed by atoms with Crippen molar-refractivity contribution in [2.45, 2.75) is 6.92 Å². The number of hydrogen-bond acceptors (Lipinski definition) is 3. The summed E-state index contributed by atoms with van der Waals surface area (Å²) in [6.45, 7) is 1.84. The van der Waals surface area contributed by atoms with E-state index < -0.39 is 5.91 Å². The third kappa shape index (κ3) is 4.21. The van der Waals surface area contributed by atoms with E-state index in [0.29, 0.717) is 16.3 Å². The minimum Gasteiger partial charge on any atom is -0.505 e. The second kappa shape index (κ2) is 7.59. The van der Waals surface area contributed by atoms with Gasteiger partial charge in [0.2, 0.25) is 0 Å². The van der Waals surface area contributed by atoms with Crippen LogP contribution in [-0.4, -0.2) is 11.0 Å². The number of phenols is 1. The van der Waals surface area contributed by atoms with Crippen molar-refractivity contribution in [1.82, 2.24) is 0 Å². The Kier molecular flexibility index (Phi) is 5.74. The monoisotopic (exact) mass is 380 g/mol. The van der Waals surface area contributed by atoms with Crippen LogP contribution in [0.5, 0.6) is 5.75 Å². The van der Waals surface area contributed by atoms with Crippen molar-refractivity contribution in [1.29, 1.82) is 5.26 Å². The SMILES string of the molecule is Cc1ccc(NC(=O)/C(C#N)=C\c2cc(Cl)c(O)c(Cl)c2)cc1Cl. The molecule has 0 atom stereocenters. The normalized spacial score (nSPS) is 11.0. The molecule has 1 amide bonds. The fraction of sp³-hybridized carbons (Fsp3) is 0.0588. The lowest BCUT2D eigenvalue weighted by Gasteiger charge is -2.07. The Morgan fingerprint density at radius 1 is 1.17 bits per heavy atom. The Bertz CT molecular complexity index is 863. The van der Waals surface area contributed by atoms with E-state index in [4.69, 9.17) is 34.8 Å². The maximum Gasteiger partial charge on any atom is 0.266 e. The molecular weight excluding hydrogens is 371 g/mol. The van der Waals surface area contributed by atoms with Gasteiger partial charge in [-0.1, -0.05) is 40.9 Å². The highest BCUT2D eigenvalue weighted by Crippen LogP contribution is 2.33. The molecule has 24 heavy (non-hydrogen) atoms. The van der Waals surface area contributed by atoms with Crippen molar-refractivity contribution in [2.24, 2.45) is 0 Å². The third-order valence-electron chi connectivity index (χ3n) is 3.15. The smallest absolute Gasteiger partial charge is 0.266 e. The number of carbonyl (C=O) groups is 1. The first-order valence-electron chi connectivity index (χ1n) is 6.69. The van der Waals surface area contributed by atoms with Crippen LogP contribution in [0, 0.1) is 18.3 Å². The molecule has 7 heteroatoms. The van der Waals surface area contributed by atoms with Crippen molar-refractivity contribution >= 4 is 52.5 Å². The van der Waals surface area contributed by atoms with E-state index in [-0.39, 0.29) is 21.4 Å². The summed E-state index contributed by atoms with van der Waals surface area (Å²) in [6.07, 6.45) is 1.32. The summed E-state index contributed by atoms with van der Waals surface area (Å²) in [5.41, 5.74) is 1.61. The molecule has 0 saturated heterocycles. The molecule has 2 aromatic rings. The first-order chi connectivity index (χ1) is 11.3. The fourth-order valence-corrected chi connectivity index (χ4v) is 2.54. The molecule has 0 aromatic heterocycles. The zero-order valence-electron chi connectivity index (χ0n) is 12.4. The second-order valence-electron chi connectivity index (χ2n) is 4.92. The molecular formula is C17H11Cl3N2O2. The van der Waals surface area contributed by atoms with Gasteiger partial charge in [-0.25, -0.2) is 0 Å². The van der Waals surface area contributed by atoms with Crippen molar-refractivity contribution < 1.29 is 9.90 Å². The van der Waals surface area contributed by atoms with Crippen LogP contribution in [-0.2, 0) is 4.79 Å². The number of benzene rings is 2. The number of nitriles is 1. The van der Waals surface area contributed by atoms with Gasteiger partial charge in [0, 0.05) is 10.7 Å². The van der Waals surface area contributed by atoms with Gasteiger partial charge in [-0.3, -0.25) is 4.79 Å². The van der Waals surface area contributed by atoms with Gasteiger partial charge in [-0.2, -0.15) is 5.26 Å². The lowest BCUT2D eigenvalue weighted by molar-refractivity contribution is -0.112. The van der Waals surface area contributed by atoms with Crippen LogP contribution in [0.25, 0.3) is 6.08 Å². The van der Waals surface area contributed by atoms with Crippen LogP contribution < -0.4 is 5.32 Å². The number of nitrogens with zero attached hydrogens (tertiary/aromatic N) is 1. The second-order valence-corrected chi connectivity index (χ2v) is 6.14. The lowest BCUT2D eigenvalue weighted by Crippen LogP contribution is -2.13. The quantitative estimate of drug-likeness (QED) is 0.566. The number of anilines is 1. The largest absolute Gasteiger partial charge is 0.505 e. The van der Waals surface area contributed by atoms with Crippen molar-refractivity contribution in [3.05, 3.63) is 62.1 Å². The number of rotatable bonds is 3. The highest BCUT2D eigenvalue weighted by Gasteiger charge is 2.12. The molecule has 0 aliphatic heterocycles. The molecule has 2 aromatic carbocycles. The van der Waals surface area contributed by atoms with Crippen molar-refractivity contribution in [3.63, 3.8) is 0 Å². The molecule has 0 radical (unpaired) electrons. The van der Waals surface area contributed by atoms with E-state index in [1.54, 1.807) is 18.2 Å². The molecule has 4 nitrogen and oxygen atoms in total. The number of hydrogen-bond donors (Lipinski definition) is 2. The zero-order valence-corrected chi connectivity index (χ0v) is 14.7. The molecule has 2 N–H and O–H groups in total. The van der Waals surface area contributed by atoms with E-state index in [1.807, 2.05) is 13.0 Å². The Morgan fingerprint density at radius 3 is 2.33 bits per heavy atom. The van der Waals surface area contributed by atoms with E-state index in [9.17, 15) is 15.2 Å². The Morgan fingerprint density at radius 2 is 1.79 bits per heavy atom. The highest BCUT2D eigenvalue weighted by molar-refractivity contribution is 6.37. The standard InChI is InChI=1S/C17H11Cl3N2O2/c1-9-2-3-12(7-13(9)18)22-17(24)11(8-21)4-10-5-14(19)16(23)15(20)6-10/h2-7,23H,1H3,(H,22,24)/b11-4-. The first-order valence-corrected chi connectivity index (χ1v) is 7.82. The molecule has 0 bridgehead atoms. The molecule has 0 aliphatic carbocycles. The summed E-state index contributed by atoms with van der Waals surface area (Å²) in [6, 6.07) is 9.65. The van der Waals surface area contributed by atoms with Gasteiger partial charge in [0.05, 0.1) is 10.0 Å². The predicted octanol–water partition coefficient (Wildman–Crippen LogP) is 5.21. The van der Waals surface area contributed by atoms with Gasteiger partial charge in [-0.15, -0.1) is 0 Å². The highest BCUT2D eigenvalue weighted by atomic mass is 35.5. The summed E-state index contributed by atoms with van der Waals surface area (Å²) < 4.78 is 0. The Balaban J connectivity index is 2.29. The molecule has 0 unspecified atom stereocenters. The fourth-order valence-electron chi connectivity index (χ4n) is 1.85. The van der Waals surface area contributed by atoms with Gasteiger partial charge in [-0.05, 0) is 48.4 Å². The first kappa shape index (κ1) is 18.2. The predicted molar refractivity (Wildman–Crippen MR) is 96.5 cm³/mol. The van der Waals surface area contributed by atoms with E-state index in [2.05, 4.69) is 5.32 Å². The number of amides is 1. The average molecular weight is 382 g/mol. The van der Waals surface area contributed by atoms with E-state index in [1.165, 1.54) is 18.2 Å². The summed E-state index contributed by atoms with van der Waals surface area (Å²) in [5, 5.41) is 21.9. The van der Waals surface area contributed by atoms with Crippen molar-refractivity contribution in [3.8, 4) is 11.8 Å². The molecule has 122 valence electrons. The summed E-state index contributed by atoms with van der Waals surface area (Å²) in [7, 11) is 0. The topological polar surface area (TPSA) is 73.1 Å². The maximum absolute atomic E-state index is 12.2. The number of halogens is 3. The molecule has 0 heterocycles. The molecule has 0 fully saturated rings. The average Bonchev–Trinajstić information content (AvgIpc) is 2.53. The minimum absolute atomic E-state index is 0.0248. The number of aryl methyl sites for hydroxylation is 1. The lowest BCUT2D eigenvalue weighted by atomic mass is 10.1. The van der Waals surface area contributed by atoms with Crippen molar-refractivity contribution in [2.75, 3.05) is 5.32 Å². The summed E-state index contributed by atoms with van der Waals surface area (Å²) >= 11 is 17.7. The Labute approximate surface area is 153 Å². The van der Waals surface area contributed by atoms with Crippen LogP contribution in [0.4, 0.5) is 5.69 Å². The van der Waals surface area contributed by atoms with E-state index >= 15 is 0 Å². The molecule has 0 aliphatic rings. The zero-order chi connectivity index (χ0) is 17.9. The van der Waals surface area contributed by atoms with Gasteiger partial charge < -0.3 is 10.4 Å². The maximum atomic E-state index is 12.2. The van der Waals surface area contributed by atoms with Crippen LogP contribution >= 0.6 is 34.8 Å². The van der Waals surface area contributed by atoms with Gasteiger partial charge >= 0.3 is 0 Å². The van der Waals surface area contributed by atoms with Gasteiger partial charge in [0.15, 0.2) is 5.75 Å². The van der Waals surface area contributed by atoms with Crippen LogP contribution in [0.2, 0.25) is 15.1 Å². The molecule has 0 spiro atoms. The number of phenolic OH excluding ortho intramolecular Hbond substituents is 1. The number of aromatic hydroxyl groups is 1. The Hall–Kier alpha value is -2.19. The molecule has 0 saturated carbocycles. The third-order valence-corrected chi connectivity index (χ3v) is 4.13. The number of carbonyl (C=O) groups excluding carboxylic acids is 1. The summed E-state index contributed by atoms with van der Waals surface area (Å²) in [5.74, 6) is -0.856. The van der Waals surface area contributed by atoms with Gasteiger partial charge in [0.1, 0.15) is 11.6 Å².